The van der Waals surface area contributed by atoms with Gasteiger partial charge < -0.3 is 10.6 Å². The van der Waals surface area contributed by atoms with Gasteiger partial charge >= 0.3 is 0 Å². The molecule has 27 heavy (non-hydrogen) atoms. The molecule has 9 heteroatoms. The first-order chi connectivity index (χ1) is 13.0. The molecular weight excluding hydrogens is 380 g/mol. The summed E-state index contributed by atoms with van der Waals surface area (Å²) in [6, 6.07) is 1.92. The number of hydrogen-bond acceptors (Lipinski definition) is 8. The summed E-state index contributed by atoms with van der Waals surface area (Å²) in [5, 5.41) is 9.26. The molecule has 1 aliphatic carbocycles. The Bertz CT molecular complexity index is 936. The van der Waals surface area contributed by atoms with Gasteiger partial charge in [0.2, 0.25) is 11.9 Å². The molecule has 3 aromatic heterocycles. The summed E-state index contributed by atoms with van der Waals surface area (Å²) >= 11 is 3.03. The summed E-state index contributed by atoms with van der Waals surface area (Å²) in [5.74, 6) is 0.423. The minimum absolute atomic E-state index is 0.0967. The van der Waals surface area contributed by atoms with E-state index in [0.717, 1.165) is 29.9 Å². The third kappa shape index (κ3) is 4.48. The molecule has 0 fully saturated rings. The highest BCUT2D eigenvalue weighted by atomic mass is 32.1. The fraction of sp³-hybridized carbons (Fsp3) is 0.389. The highest BCUT2D eigenvalue weighted by Crippen LogP contribution is 2.29. The Balaban J connectivity index is 1.37. The van der Waals surface area contributed by atoms with Gasteiger partial charge in [0, 0.05) is 21.6 Å². The van der Waals surface area contributed by atoms with Crippen molar-refractivity contribution >= 4 is 44.8 Å². The lowest BCUT2D eigenvalue weighted by atomic mass is 10.0. The van der Waals surface area contributed by atoms with Crippen LogP contribution >= 0.6 is 22.7 Å². The molecule has 0 radical (unpaired) electrons. The van der Waals surface area contributed by atoms with E-state index in [1.165, 1.54) is 29.1 Å². The predicted octanol–water partition coefficient (Wildman–Crippen LogP) is 3.81. The molecule has 7 nitrogen and oxygen atoms in total. The molecule has 0 saturated carbocycles. The molecule has 0 spiro atoms. The summed E-state index contributed by atoms with van der Waals surface area (Å²) in [6.07, 6.45) is 4.70. The number of hydrogen-bond donors (Lipinski definition) is 2. The maximum absolute atomic E-state index is 12.3. The number of carbonyl (C=O) groups is 1. The molecule has 2 N–H and O–H groups in total. The number of nitrogens with zero attached hydrogens (tertiary/aromatic N) is 4. The first-order valence-electron chi connectivity index (χ1n) is 8.87. The van der Waals surface area contributed by atoms with Crippen molar-refractivity contribution in [2.75, 3.05) is 10.6 Å². The summed E-state index contributed by atoms with van der Waals surface area (Å²) in [4.78, 5) is 31.3. The molecule has 3 heterocycles. The quantitative estimate of drug-likeness (QED) is 0.676. The summed E-state index contributed by atoms with van der Waals surface area (Å²) in [5.41, 5.74) is 3.65. The normalized spacial score (nSPS) is 13.3. The lowest BCUT2D eigenvalue weighted by molar-refractivity contribution is -0.115. The molecule has 4 rings (SSSR count). The first-order valence-corrected chi connectivity index (χ1v) is 10.6. The van der Waals surface area contributed by atoms with Crippen LogP contribution in [0.25, 0.3) is 0 Å². The number of anilines is 3. The smallest absolute Gasteiger partial charge is 0.232 e. The number of amides is 1. The lowest BCUT2D eigenvalue weighted by Crippen LogP contribution is -2.14. The highest BCUT2D eigenvalue weighted by molar-refractivity contribution is 7.16. The molecule has 0 saturated heterocycles. The highest BCUT2D eigenvalue weighted by Gasteiger charge is 2.17. The summed E-state index contributed by atoms with van der Waals surface area (Å²) in [7, 11) is 0. The molecule has 3 aromatic rings. The van der Waals surface area contributed by atoms with Crippen LogP contribution in [0.3, 0.4) is 0 Å². The molecule has 140 valence electrons. The van der Waals surface area contributed by atoms with Gasteiger partial charge in [-0.3, -0.25) is 4.79 Å². The van der Waals surface area contributed by atoms with E-state index >= 15 is 0 Å². The Labute approximate surface area is 165 Å². The van der Waals surface area contributed by atoms with Gasteiger partial charge in [-0.25, -0.2) is 19.9 Å². The van der Waals surface area contributed by atoms with Crippen molar-refractivity contribution in [3.63, 3.8) is 0 Å². The van der Waals surface area contributed by atoms with Crippen molar-refractivity contribution in [1.82, 2.24) is 19.9 Å². The van der Waals surface area contributed by atoms with Gasteiger partial charge in [-0.2, -0.15) is 0 Å². The molecule has 0 aromatic carbocycles. The van der Waals surface area contributed by atoms with E-state index in [1.807, 2.05) is 25.3 Å². The fourth-order valence-electron chi connectivity index (χ4n) is 3.06. The van der Waals surface area contributed by atoms with E-state index in [-0.39, 0.29) is 12.3 Å². The molecule has 0 bridgehead atoms. The molecule has 1 amide bonds. The maximum Gasteiger partial charge on any atom is 0.232 e. The third-order valence-corrected chi connectivity index (χ3v) is 6.07. The maximum atomic E-state index is 12.3. The molecule has 0 aliphatic heterocycles. The number of aryl methyl sites for hydroxylation is 4. The predicted molar refractivity (Wildman–Crippen MR) is 108 cm³/mol. The zero-order valence-corrected chi connectivity index (χ0v) is 16.8. The SMILES string of the molecule is Cc1cc(C)nc(Nc2nc(CC(=O)Nc3nc4c(s3)CCCC4)cs2)n1. The standard InChI is InChI=1S/C18H20N6OS2/c1-10-7-11(2)20-16(19-10)24-17-21-12(9-26-17)8-15(25)23-18-22-13-5-3-4-6-14(13)27-18/h7,9H,3-6,8H2,1-2H3,(H,22,23,25)(H,19,20,21,24). The molecule has 1 aliphatic rings. The van der Waals surface area contributed by atoms with Crippen LogP contribution in [0, 0.1) is 13.8 Å². The van der Waals surface area contributed by atoms with Crippen molar-refractivity contribution in [2.45, 2.75) is 46.0 Å². The Hall–Kier alpha value is -2.39. The minimum atomic E-state index is -0.0967. The Kier molecular flexibility index (Phi) is 5.13. The Morgan fingerprint density at radius 3 is 2.63 bits per heavy atom. The minimum Gasteiger partial charge on any atom is -0.302 e. The van der Waals surface area contributed by atoms with Gasteiger partial charge in [-0.15, -0.1) is 22.7 Å². The van der Waals surface area contributed by atoms with E-state index in [4.69, 9.17) is 0 Å². The monoisotopic (exact) mass is 400 g/mol. The van der Waals surface area contributed by atoms with Crippen LogP contribution in [0.2, 0.25) is 0 Å². The van der Waals surface area contributed by atoms with Crippen molar-refractivity contribution in [3.8, 4) is 0 Å². The van der Waals surface area contributed by atoms with Crippen LogP contribution in [0.15, 0.2) is 11.4 Å². The van der Waals surface area contributed by atoms with Gasteiger partial charge in [0.15, 0.2) is 10.3 Å². The second-order valence-corrected chi connectivity index (χ2v) is 8.51. The van der Waals surface area contributed by atoms with Gasteiger partial charge in [0.1, 0.15) is 0 Å². The van der Waals surface area contributed by atoms with Crippen molar-refractivity contribution in [3.05, 3.63) is 39.1 Å². The average molecular weight is 401 g/mol. The Morgan fingerprint density at radius 1 is 1.07 bits per heavy atom. The van der Waals surface area contributed by atoms with E-state index in [1.54, 1.807) is 11.3 Å². The van der Waals surface area contributed by atoms with E-state index in [2.05, 4.69) is 30.6 Å². The van der Waals surface area contributed by atoms with Gasteiger partial charge in [-0.05, 0) is 45.6 Å². The van der Waals surface area contributed by atoms with Gasteiger partial charge in [0.05, 0.1) is 17.8 Å². The number of nitrogens with one attached hydrogen (secondary N) is 2. The zero-order valence-electron chi connectivity index (χ0n) is 15.2. The number of thiazole rings is 2. The van der Waals surface area contributed by atoms with E-state index in [9.17, 15) is 4.79 Å². The second kappa shape index (κ2) is 7.69. The topological polar surface area (TPSA) is 92.7 Å². The number of fused-ring (bicyclic) bond motifs is 1. The lowest BCUT2D eigenvalue weighted by Gasteiger charge is -2.06. The summed E-state index contributed by atoms with van der Waals surface area (Å²) < 4.78 is 0. The van der Waals surface area contributed by atoms with Crippen LogP contribution < -0.4 is 10.6 Å². The van der Waals surface area contributed by atoms with Gasteiger partial charge in [0.25, 0.3) is 0 Å². The second-order valence-electron chi connectivity index (χ2n) is 6.56. The summed E-state index contributed by atoms with van der Waals surface area (Å²) in [6.45, 7) is 3.85. The third-order valence-electron chi connectivity index (χ3n) is 4.19. The molecular formula is C18H20N6OS2. The molecule has 0 unspecified atom stereocenters. The Morgan fingerprint density at radius 2 is 1.85 bits per heavy atom. The van der Waals surface area contributed by atoms with Crippen molar-refractivity contribution in [2.24, 2.45) is 0 Å². The first kappa shape index (κ1) is 18.0. The van der Waals surface area contributed by atoms with Crippen LogP contribution in [0.1, 0.15) is 40.5 Å². The largest absolute Gasteiger partial charge is 0.302 e. The number of carbonyl (C=O) groups excluding carboxylic acids is 1. The number of rotatable bonds is 5. The number of aromatic nitrogens is 4. The zero-order chi connectivity index (χ0) is 18.8. The van der Waals surface area contributed by atoms with E-state index < -0.39 is 0 Å². The van der Waals surface area contributed by atoms with Crippen LogP contribution in [0.4, 0.5) is 16.2 Å². The molecule has 0 atom stereocenters. The van der Waals surface area contributed by atoms with Gasteiger partial charge in [-0.1, -0.05) is 0 Å². The van der Waals surface area contributed by atoms with Crippen molar-refractivity contribution in [1.29, 1.82) is 0 Å². The van der Waals surface area contributed by atoms with Crippen LogP contribution in [-0.2, 0) is 24.1 Å². The van der Waals surface area contributed by atoms with Crippen LogP contribution in [-0.4, -0.2) is 25.8 Å². The van der Waals surface area contributed by atoms with Crippen molar-refractivity contribution < 1.29 is 4.79 Å². The van der Waals surface area contributed by atoms with E-state index in [0.29, 0.717) is 21.9 Å². The average Bonchev–Trinajstić information content (AvgIpc) is 3.19. The fourth-order valence-corrected chi connectivity index (χ4v) is 4.83. The van der Waals surface area contributed by atoms with Crippen LogP contribution in [0.5, 0.6) is 0 Å².